The van der Waals surface area contributed by atoms with Gasteiger partial charge in [0.1, 0.15) is 4.60 Å². The molecule has 0 saturated heterocycles. The lowest BCUT2D eigenvalue weighted by Gasteiger charge is -2.08. The van der Waals surface area contributed by atoms with Crippen LogP contribution in [0.2, 0.25) is 0 Å². The van der Waals surface area contributed by atoms with Gasteiger partial charge in [-0.25, -0.2) is 9.78 Å². The molecule has 0 atom stereocenters. The van der Waals surface area contributed by atoms with Gasteiger partial charge >= 0.3 is 5.97 Å². The van der Waals surface area contributed by atoms with Crippen molar-refractivity contribution in [3.05, 3.63) is 22.4 Å². The van der Waals surface area contributed by atoms with Crippen molar-refractivity contribution >= 4 is 21.9 Å². The molecule has 0 aromatic carbocycles. The molecule has 5 heteroatoms. The summed E-state index contributed by atoms with van der Waals surface area (Å²) < 4.78 is 10.7. The van der Waals surface area contributed by atoms with Crippen LogP contribution >= 0.6 is 15.9 Å². The second-order valence-corrected chi connectivity index (χ2v) is 3.45. The van der Waals surface area contributed by atoms with E-state index < -0.39 is 5.97 Å². The van der Waals surface area contributed by atoms with Crippen molar-refractivity contribution in [2.24, 2.45) is 0 Å². The minimum absolute atomic E-state index is 0.202. The molecular formula is C10H12BrNO3. The molecule has 0 saturated carbocycles. The molecule has 1 rings (SSSR count). The smallest absolute Gasteiger partial charge is 0.360 e. The Kier molecular flexibility index (Phi) is 4.55. The zero-order chi connectivity index (χ0) is 11.3. The standard InChI is InChI=1S/C10H12BrNO3/c1-3-14-7-5-6-8(11)12-9(7)10(13)15-4-2/h5-6H,3-4H2,1-2H3. The quantitative estimate of drug-likeness (QED) is 0.625. The molecule has 4 nitrogen and oxygen atoms in total. The van der Waals surface area contributed by atoms with Crippen LogP contribution in [0.3, 0.4) is 0 Å². The molecule has 1 heterocycles. The Balaban J connectivity index is 3.00. The first-order valence-corrected chi connectivity index (χ1v) is 5.44. The highest BCUT2D eigenvalue weighted by Gasteiger charge is 2.15. The zero-order valence-electron chi connectivity index (χ0n) is 8.62. The van der Waals surface area contributed by atoms with E-state index in [4.69, 9.17) is 9.47 Å². The van der Waals surface area contributed by atoms with E-state index in [1.54, 1.807) is 19.1 Å². The van der Waals surface area contributed by atoms with Crippen LogP contribution in [0.5, 0.6) is 5.75 Å². The largest absolute Gasteiger partial charge is 0.491 e. The number of pyridine rings is 1. The first-order valence-electron chi connectivity index (χ1n) is 4.65. The minimum atomic E-state index is -0.470. The maximum atomic E-state index is 11.5. The Bertz CT molecular complexity index is 355. The summed E-state index contributed by atoms with van der Waals surface area (Å²) in [7, 11) is 0. The Labute approximate surface area is 96.7 Å². The first kappa shape index (κ1) is 12.0. The number of carbonyl (C=O) groups is 1. The van der Waals surface area contributed by atoms with Gasteiger partial charge in [-0.2, -0.15) is 0 Å². The van der Waals surface area contributed by atoms with Crippen LogP contribution in [-0.2, 0) is 4.74 Å². The summed E-state index contributed by atoms with van der Waals surface area (Å²) in [6.07, 6.45) is 0. The predicted molar refractivity (Wildman–Crippen MR) is 59.1 cm³/mol. The molecule has 0 amide bonds. The second-order valence-electron chi connectivity index (χ2n) is 2.63. The molecule has 0 radical (unpaired) electrons. The van der Waals surface area contributed by atoms with Crippen LogP contribution in [0.1, 0.15) is 24.3 Å². The third kappa shape index (κ3) is 3.20. The van der Waals surface area contributed by atoms with Gasteiger partial charge in [0.15, 0.2) is 11.4 Å². The van der Waals surface area contributed by atoms with E-state index in [0.717, 1.165) is 0 Å². The highest BCUT2D eigenvalue weighted by Crippen LogP contribution is 2.20. The number of halogens is 1. The number of esters is 1. The molecule has 1 aromatic rings. The first-order chi connectivity index (χ1) is 7.19. The summed E-state index contributed by atoms with van der Waals surface area (Å²) in [4.78, 5) is 15.5. The van der Waals surface area contributed by atoms with E-state index in [0.29, 0.717) is 23.6 Å². The minimum Gasteiger partial charge on any atom is -0.491 e. The molecule has 82 valence electrons. The Morgan fingerprint density at radius 1 is 1.40 bits per heavy atom. The number of rotatable bonds is 4. The van der Waals surface area contributed by atoms with Gasteiger partial charge in [0.25, 0.3) is 0 Å². The van der Waals surface area contributed by atoms with Crippen LogP contribution in [0.4, 0.5) is 0 Å². The highest BCUT2D eigenvalue weighted by atomic mass is 79.9. The average molecular weight is 274 g/mol. The van der Waals surface area contributed by atoms with Gasteiger partial charge in [-0.3, -0.25) is 0 Å². The van der Waals surface area contributed by atoms with E-state index in [2.05, 4.69) is 20.9 Å². The lowest BCUT2D eigenvalue weighted by atomic mass is 10.3. The summed E-state index contributed by atoms with van der Waals surface area (Å²) in [6, 6.07) is 3.40. The fraction of sp³-hybridized carbons (Fsp3) is 0.400. The number of nitrogens with zero attached hydrogens (tertiary/aromatic N) is 1. The number of ether oxygens (including phenoxy) is 2. The van der Waals surface area contributed by atoms with E-state index in [1.807, 2.05) is 6.92 Å². The maximum Gasteiger partial charge on any atom is 0.360 e. The average Bonchev–Trinajstić information content (AvgIpc) is 2.21. The molecule has 15 heavy (non-hydrogen) atoms. The normalized spacial score (nSPS) is 9.80. The monoisotopic (exact) mass is 273 g/mol. The lowest BCUT2D eigenvalue weighted by Crippen LogP contribution is -2.10. The fourth-order valence-electron chi connectivity index (χ4n) is 1.04. The van der Waals surface area contributed by atoms with Gasteiger partial charge in [0.2, 0.25) is 0 Å². The zero-order valence-corrected chi connectivity index (χ0v) is 10.2. The van der Waals surface area contributed by atoms with Crippen molar-refractivity contribution in [2.45, 2.75) is 13.8 Å². The molecule has 1 aromatic heterocycles. The van der Waals surface area contributed by atoms with Gasteiger partial charge in [-0.15, -0.1) is 0 Å². The van der Waals surface area contributed by atoms with Crippen molar-refractivity contribution in [3.63, 3.8) is 0 Å². The van der Waals surface area contributed by atoms with Crippen LogP contribution in [0.25, 0.3) is 0 Å². The maximum absolute atomic E-state index is 11.5. The molecule has 0 aliphatic carbocycles. The third-order valence-electron chi connectivity index (χ3n) is 1.59. The van der Waals surface area contributed by atoms with Crippen molar-refractivity contribution in [3.8, 4) is 5.75 Å². The predicted octanol–water partition coefficient (Wildman–Crippen LogP) is 2.42. The Morgan fingerprint density at radius 3 is 2.73 bits per heavy atom. The second kappa shape index (κ2) is 5.70. The van der Waals surface area contributed by atoms with E-state index in [-0.39, 0.29) is 5.69 Å². The van der Waals surface area contributed by atoms with Crippen LogP contribution < -0.4 is 4.74 Å². The van der Waals surface area contributed by atoms with E-state index in [9.17, 15) is 4.79 Å². The molecule has 0 aliphatic heterocycles. The van der Waals surface area contributed by atoms with Crippen molar-refractivity contribution < 1.29 is 14.3 Å². The van der Waals surface area contributed by atoms with Gasteiger partial charge in [-0.1, -0.05) is 0 Å². The molecule has 0 N–H and O–H groups in total. The number of carbonyl (C=O) groups excluding carboxylic acids is 1. The van der Waals surface area contributed by atoms with Crippen molar-refractivity contribution in [1.82, 2.24) is 4.98 Å². The van der Waals surface area contributed by atoms with Crippen LogP contribution in [0.15, 0.2) is 16.7 Å². The molecular weight excluding hydrogens is 262 g/mol. The molecule has 0 fully saturated rings. The molecule has 0 spiro atoms. The molecule has 0 unspecified atom stereocenters. The van der Waals surface area contributed by atoms with E-state index in [1.165, 1.54) is 0 Å². The SMILES string of the molecule is CCOC(=O)c1nc(Br)ccc1OCC. The molecule has 0 aliphatic rings. The molecule has 0 bridgehead atoms. The van der Waals surface area contributed by atoms with Gasteiger partial charge in [0.05, 0.1) is 13.2 Å². The summed E-state index contributed by atoms with van der Waals surface area (Å²) >= 11 is 3.19. The van der Waals surface area contributed by atoms with Crippen LogP contribution in [0, 0.1) is 0 Å². The van der Waals surface area contributed by atoms with Gasteiger partial charge in [0, 0.05) is 0 Å². The van der Waals surface area contributed by atoms with Gasteiger partial charge < -0.3 is 9.47 Å². The van der Waals surface area contributed by atoms with Crippen molar-refractivity contribution in [1.29, 1.82) is 0 Å². The third-order valence-corrected chi connectivity index (χ3v) is 2.03. The Hall–Kier alpha value is -1.10. The topological polar surface area (TPSA) is 48.4 Å². The number of hydrogen-bond donors (Lipinski definition) is 0. The number of hydrogen-bond acceptors (Lipinski definition) is 4. The summed E-state index contributed by atoms with van der Waals surface area (Å²) in [6.45, 7) is 4.39. The van der Waals surface area contributed by atoms with E-state index >= 15 is 0 Å². The summed E-state index contributed by atoms with van der Waals surface area (Å²) in [5, 5.41) is 0. The summed E-state index contributed by atoms with van der Waals surface area (Å²) in [5.74, 6) is -0.0265. The lowest BCUT2D eigenvalue weighted by molar-refractivity contribution is 0.0514. The number of aromatic nitrogens is 1. The van der Waals surface area contributed by atoms with Crippen molar-refractivity contribution in [2.75, 3.05) is 13.2 Å². The van der Waals surface area contributed by atoms with Gasteiger partial charge in [-0.05, 0) is 41.9 Å². The summed E-state index contributed by atoms with van der Waals surface area (Å²) in [5.41, 5.74) is 0.202. The Morgan fingerprint density at radius 2 is 2.13 bits per heavy atom. The van der Waals surface area contributed by atoms with Crippen LogP contribution in [-0.4, -0.2) is 24.2 Å². The fourth-order valence-corrected chi connectivity index (χ4v) is 1.35. The highest BCUT2D eigenvalue weighted by molar-refractivity contribution is 9.10.